The molecular formula is C19H20BrN3O2S. The van der Waals surface area contributed by atoms with E-state index in [9.17, 15) is 5.11 Å². The molecule has 0 saturated carbocycles. The number of hydrogen-bond acceptors (Lipinski definition) is 6. The number of phenolic OH excluding ortho intramolecular Hbond substituents is 1. The van der Waals surface area contributed by atoms with Gasteiger partial charge >= 0.3 is 0 Å². The van der Waals surface area contributed by atoms with Gasteiger partial charge in [-0.25, -0.2) is 0 Å². The molecule has 26 heavy (non-hydrogen) atoms. The molecular weight excluding hydrogens is 414 g/mol. The van der Waals surface area contributed by atoms with E-state index in [0.29, 0.717) is 22.1 Å². The first-order chi connectivity index (χ1) is 12.6. The number of hydrogen-bond donors (Lipinski definition) is 1. The fourth-order valence-corrected chi connectivity index (χ4v) is 5.06. The smallest absolute Gasteiger partial charge is 0.172 e. The summed E-state index contributed by atoms with van der Waals surface area (Å²) in [5, 5.41) is 11.9. The summed E-state index contributed by atoms with van der Waals surface area (Å²) < 4.78 is 6.27. The van der Waals surface area contributed by atoms with Gasteiger partial charge in [-0.15, -0.1) is 0 Å². The van der Waals surface area contributed by atoms with Gasteiger partial charge < -0.3 is 14.7 Å². The molecule has 0 spiro atoms. The number of aromatic nitrogens is 1. The van der Waals surface area contributed by atoms with Gasteiger partial charge in [-0.1, -0.05) is 24.8 Å². The molecule has 5 nitrogen and oxygen atoms in total. The summed E-state index contributed by atoms with van der Waals surface area (Å²) in [4.78, 5) is 11.9. The number of halogens is 1. The van der Waals surface area contributed by atoms with Crippen LogP contribution in [0.2, 0.25) is 0 Å². The molecule has 3 atom stereocenters. The van der Waals surface area contributed by atoms with E-state index in [4.69, 9.17) is 9.73 Å². The zero-order chi connectivity index (χ0) is 18.3. The second-order valence-electron chi connectivity index (χ2n) is 6.42. The van der Waals surface area contributed by atoms with Gasteiger partial charge in [-0.05, 0) is 52.7 Å². The van der Waals surface area contributed by atoms with Gasteiger partial charge in [-0.2, -0.15) is 0 Å². The van der Waals surface area contributed by atoms with Gasteiger partial charge in [0.05, 0.1) is 22.8 Å². The molecule has 0 unspecified atom stereocenters. The van der Waals surface area contributed by atoms with Crippen LogP contribution in [0, 0.1) is 0 Å². The number of fused-ring (bicyclic) bond motifs is 1. The Morgan fingerprint density at radius 2 is 2.23 bits per heavy atom. The van der Waals surface area contributed by atoms with Gasteiger partial charge in [0.1, 0.15) is 6.04 Å². The Labute approximate surface area is 165 Å². The van der Waals surface area contributed by atoms with Crippen molar-refractivity contribution in [2.45, 2.75) is 31.2 Å². The number of phenols is 1. The van der Waals surface area contributed by atoms with Gasteiger partial charge in [0.15, 0.2) is 16.7 Å². The lowest BCUT2D eigenvalue weighted by Gasteiger charge is -2.28. The first-order valence-electron chi connectivity index (χ1n) is 8.65. The standard InChI is InChI=1S/C19H20BrN3O2S/c1-3-25-15-9-12(8-13(20)18(15)24)17-16(14-6-4-5-7-21-14)22-19-23(17)10-11(2)26-19/h4-9,11,16-17,24H,3,10H2,1-2H3/t11-,16-,17-/m0/s1. The molecule has 0 bridgehead atoms. The lowest BCUT2D eigenvalue weighted by atomic mass is 9.96. The van der Waals surface area contributed by atoms with Crippen molar-refractivity contribution in [3.05, 3.63) is 52.3 Å². The summed E-state index contributed by atoms with van der Waals surface area (Å²) in [6, 6.07) is 9.79. The predicted octanol–water partition coefficient (Wildman–Crippen LogP) is 4.54. The molecule has 1 saturated heterocycles. The van der Waals surface area contributed by atoms with E-state index in [1.165, 1.54) is 0 Å². The summed E-state index contributed by atoms with van der Waals surface area (Å²) in [7, 11) is 0. The number of thioether (sulfide) groups is 1. The summed E-state index contributed by atoms with van der Waals surface area (Å²) in [5.74, 6) is 0.623. The van der Waals surface area contributed by atoms with Crippen LogP contribution in [0.1, 0.15) is 37.2 Å². The molecule has 1 aromatic carbocycles. The molecule has 1 aromatic heterocycles. The zero-order valence-corrected chi connectivity index (χ0v) is 17.0. The lowest BCUT2D eigenvalue weighted by Crippen LogP contribution is -2.28. The number of aliphatic imine (C=N–C) groups is 1. The fraction of sp³-hybridized carbons (Fsp3) is 0.368. The summed E-state index contributed by atoms with van der Waals surface area (Å²) in [5.41, 5.74) is 2.01. The highest BCUT2D eigenvalue weighted by Gasteiger charge is 2.43. The molecule has 4 rings (SSSR count). The molecule has 2 aromatic rings. The molecule has 1 fully saturated rings. The topological polar surface area (TPSA) is 58.0 Å². The number of aromatic hydroxyl groups is 1. The molecule has 1 N–H and O–H groups in total. The van der Waals surface area contributed by atoms with E-state index in [1.807, 2.05) is 55.2 Å². The van der Waals surface area contributed by atoms with Gasteiger partial charge in [0.25, 0.3) is 0 Å². The van der Waals surface area contributed by atoms with Crippen molar-refractivity contribution in [2.24, 2.45) is 4.99 Å². The van der Waals surface area contributed by atoms with Crippen LogP contribution in [0.5, 0.6) is 11.5 Å². The van der Waals surface area contributed by atoms with E-state index in [-0.39, 0.29) is 17.8 Å². The molecule has 0 radical (unpaired) electrons. The first-order valence-corrected chi connectivity index (χ1v) is 10.3. The molecule has 136 valence electrons. The van der Waals surface area contributed by atoms with Crippen LogP contribution in [0.4, 0.5) is 0 Å². The van der Waals surface area contributed by atoms with Crippen LogP contribution in [-0.4, -0.2) is 38.6 Å². The first kappa shape index (κ1) is 17.7. The summed E-state index contributed by atoms with van der Waals surface area (Å²) in [6.45, 7) is 5.57. The monoisotopic (exact) mass is 433 g/mol. The Hall–Kier alpha value is -1.73. The van der Waals surface area contributed by atoms with E-state index in [0.717, 1.165) is 23.0 Å². The molecule has 7 heteroatoms. The van der Waals surface area contributed by atoms with Crippen LogP contribution >= 0.6 is 27.7 Å². The van der Waals surface area contributed by atoms with Crippen molar-refractivity contribution >= 4 is 32.9 Å². The third-order valence-corrected chi connectivity index (χ3v) is 6.28. The fourth-order valence-electron chi connectivity index (χ4n) is 3.51. The average molecular weight is 434 g/mol. The minimum absolute atomic E-state index is 0.0356. The third kappa shape index (κ3) is 3.07. The average Bonchev–Trinajstić information content (AvgIpc) is 3.15. The molecule has 0 amide bonds. The highest BCUT2D eigenvalue weighted by atomic mass is 79.9. The van der Waals surface area contributed by atoms with Crippen molar-refractivity contribution in [3.8, 4) is 11.5 Å². The predicted molar refractivity (Wildman–Crippen MR) is 108 cm³/mol. The SMILES string of the molecule is CCOc1cc([C@H]2[C@H](c3ccccn3)N=C3S[C@@H](C)CN32)cc(Br)c1O. The van der Waals surface area contributed by atoms with Crippen LogP contribution in [0.15, 0.2) is 46.0 Å². The maximum Gasteiger partial charge on any atom is 0.172 e. The Bertz CT molecular complexity index is 846. The quantitative estimate of drug-likeness (QED) is 0.766. The minimum Gasteiger partial charge on any atom is -0.503 e. The maximum atomic E-state index is 10.3. The Kier molecular flexibility index (Phi) is 4.84. The van der Waals surface area contributed by atoms with Crippen LogP contribution in [-0.2, 0) is 0 Å². The van der Waals surface area contributed by atoms with Crippen LogP contribution in [0.3, 0.4) is 0 Å². The molecule has 3 heterocycles. The summed E-state index contributed by atoms with van der Waals surface area (Å²) >= 11 is 5.28. The Balaban J connectivity index is 1.80. The lowest BCUT2D eigenvalue weighted by molar-refractivity contribution is 0.306. The summed E-state index contributed by atoms with van der Waals surface area (Å²) in [6.07, 6.45) is 1.81. The number of nitrogens with zero attached hydrogens (tertiary/aromatic N) is 3. The highest BCUT2D eigenvalue weighted by molar-refractivity contribution is 9.10. The number of ether oxygens (including phenoxy) is 1. The Morgan fingerprint density at radius 3 is 2.96 bits per heavy atom. The normalized spacial score (nSPS) is 24.5. The second kappa shape index (κ2) is 7.12. The number of benzene rings is 1. The van der Waals surface area contributed by atoms with E-state index in [1.54, 1.807) is 0 Å². The highest BCUT2D eigenvalue weighted by Crippen LogP contribution is 2.49. The molecule has 0 aliphatic carbocycles. The van der Waals surface area contributed by atoms with Crippen molar-refractivity contribution < 1.29 is 9.84 Å². The minimum atomic E-state index is -0.0721. The second-order valence-corrected chi connectivity index (χ2v) is 8.68. The van der Waals surface area contributed by atoms with Gasteiger partial charge in [0.2, 0.25) is 0 Å². The van der Waals surface area contributed by atoms with Crippen molar-refractivity contribution in [1.82, 2.24) is 9.88 Å². The van der Waals surface area contributed by atoms with Crippen LogP contribution in [0.25, 0.3) is 0 Å². The van der Waals surface area contributed by atoms with Crippen LogP contribution < -0.4 is 4.74 Å². The number of amidine groups is 1. The zero-order valence-electron chi connectivity index (χ0n) is 14.6. The van der Waals surface area contributed by atoms with Crippen molar-refractivity contribution in [3.63, 3.8) is 0 Å². The van der Waals surface area contributed by atoms with Crippen molar-refractivity contribution in [1.29, 1.82) is 0 Å². The molecule has 2 aliphatic heterocycles. The van der Waals surface area contributed by atoms with Gasteiger partial charge in [0, 0.05) is 18.0 Å². The van der Waals surface area contributed by atoms with E-state index < -0.39 is 0 Å². The van der Waals surface area contributed by atoms with E-state index in [2.05, 4.69) is 32.7 Å². The Morgan fingerprint density at radius 1 is 1.38 bits per heavy atom. The van der Waals surface area contributed by atoms with E-state index >= 15 is 0 Å². The largest absolute Gasteiger partial charge is 0.503 e. The van der Waals surface area contributed by atoms with Gasteiger partial charge in [-0.3, -0.25) is 9.98 Å². The maximum absolute atomic E-state index is 10.3. The molecule has 2 aliphatic rings. The third-order valence-electron chi connectivity index (χ3n) is 4.57. The number of pyridine rings is 1. The number of rotatable bonds is 4. The van der Waals surface area contributed by atoms with Crippen molar-refractivity contribution in [2.75, 3.05) is 13.2 Å².